The van der Waals surface area contributed by atoms with Crippen LogP contribution in [0.25, 0.3) is 0 Å². The van der Waals surface area contributed by atoms with Gasteiger partial charge in [-0.25, -0.2) is 0 Å². The van der Waals surface area contributed by atoms with Crippen molar-refractivity contribution in [2.24, 2.45) is 0 Å². The second kappa shape index (κ2) is 8.63. The molecule has 3 nitrogen and oxygen atoms in total. The SMILES string of the molecule is OC(CCl)CN1CCN(C(c2ccccc2)c2ccccc2)CC1. The predicted molar refractivity (Wildman–Crippen MR) is 99.5 cm³/mol. The van der Waals surface area contributed by atoms with Crippen LogP contribution in [-0.2, 0) is 0 Å². The molecule has 0 saturated carbocycles. The van der Waals surface area contributed by atoms with Crippen LogP contribution in [0.5, 0.6) is 0 Å². The third kappa shape index (κ3) is 4.37. The number of aliphatic hydroxyl groups excluding tert-OH is 1. The molecule has 1 saturated heterocycles. The van der Waals surface area contributed by atoms with Crippen molar-refractivity contribution in [2.45, 2.75) is 12.1 Å². The zero-order chi connectivity index (χ0) is 16.8. The number of rotatable bonds is 6. The second-order valence-electron chi connectivity index (χ2n) is 6.37. The van der Waals surface area contributed by atoms with E-state index >= 15 is 0 Å². The third-order valence-corrected chi connectivity index (χ3v) is 5.01. The van der Waals surface area contributed by atoms with E-state index in [0.29, 0.717) is 12.4 Å². The van der Waals surface area contributed by atoms with Crippen molar-refractivity contribution in [3.05, 3.63) is 71.8 Å². The van der Waals surface area contributed by atoms with Gasteiger partial charge in [0.25, 0.3) is 0 Å². The molecule has 1 heterocycles. The van der Waals surface area contributed by atoms with Crippen molar-refractivity contribution >= 4 is 11.6 Å². The minimum atomic E-state index is -0.433. The molecule has 0 spiro atoms. The van der Waals surface area contributed by atoms with Crippen LogP contribution in [0.1, 0.15) is 17.2 Å². The second-order valence-corrected chi connectivity index (χ2v) is 6.68. The molecule has 2 aromatic rings. The largest absolute Gasteiger partial charge is 0.391 e. The highest BCUT2D eigenvalue weighted by Crippen LogP contribution is 2.29. The molecule has 1 aliphatic heterocycles. The first kappa shape index (κ1) is 17.4. The highest BCUT2D eigenvalue weighted by atomic mass is 35.5. The molecule has 0 radical (unpaired) electrons. The lowest BCUT2D eigenvalue weighted by Gasteiger charge is -2.40. The summed E-state index contributed by atoms with van der Waals surface area (Å²) in [6.45, 7) is 4.57. The number of piperazine rings is 1. The van der Waals surface area contributed by atoms with Gasteiger partial charge in [-0.15, -0.1) is 11.6 Å². The summed E-state index contributed by atoms with van der Waals surface area (Å²) >= 11 is 5.72. The van der Waals surface area contributed by atoms with E-state index in [1.54, 1.807) is 0 Å². The molecule has 1 unspecified atom stereocenters. The average Bonchev–Trinajstić information content (AvgIpc) is 2.65. The fourth-order valence-corrected chi connectivity index (χ4v) is 3.53. The summed E-state index contributed by atoms with van der Waals surface area (Å²) < 4.78 is 0. The van der Waals surface area contributed by atoms with E-state index in [4.69, 9.17) is 11.6 Å². The molecule has 0 aliphatic carbocycles. The Kier molecular flexibility index (Phi) is 6.27. The highest BCUT2D eigenvalue weighted by molar-refractivity contribution is 6.18. The number of β-amino-alcohol motifs (C(OH)–C–C–N with tert-alkyl or cyclic N) is 1. The van der Waals surface area contributed by atoms with E-state index in [1.807, 2.05) is 0 Å². The normalized spacial score (nSPS) is 18.0. The molecule has 2 aromatic carbocycles. The van der Waals surface area contributed by atoms with Gasteiger partial charge in [0.1, 0.15) is 0 Å². The summed E-state index contributed by atoms with van der Waals surface area (Å²) in [6, 6.07) is 21.7. The Morgan fingerprint density at radius 1 is 0.833 bits per heavy atom. The fraction of sp³-hybridized carbons (Fsp3) is 0.400. The maximum atomic E-state index is 9.75. The summed E-state index contributed by atoms with van der Waals surface area (Å²) in [5.74, 6) is 0.302. The molecule has 1 fully saturated rings. The van der Waals surface area contributed by atoms with Crippen molar-refractivity contribution in [1.82, 2.24) is 9.80 Å². The summed E-state index contributed by atoms with van der Waals surface area (Å²) in [6.07, 6.45) is -0.433. The fourth-order valence-electron chi connectivity index (χ4n) is 3.44. The van der Waals surface area contributed by atoms with E-state index in [2.05, 4.69) is 70.5 Å². The van der Waals surface area contributed by atoms with E-state index in [1.165, 1.54) is 11.1 Å². The molecule has 0 aromatic heterocycles. The highest BCUT2D eigenvalue weighted by Gasteiger charge is 2.26. The zero-order valence-corrected chi connectivity index (χ0v) is 14.6. The van der Waals surface area contributed by atoms with Gasteiger partial charge in [0, 0.05) is 38.6 Å². The van der Waals surface area contributed by atoms with E-state index in [9.17, 15) is 5.11 Å². The maximum absolute atomic E-state index is 9.75. The van der Waals surface area contributed by atoms with Crippen LogP contribution < -0.4 is 0 Å². The van der Waals surface area contributed by atoms with Crippen molar-refractivity contribution in [3.8, 4) is 0 Å². The molecule has 24 heavy (non-hydrogen) atoms. The molecule has 1 N–H and O–H groups in total. The monoisotopic (exact) mass is 344 g/mol. The minimum Gasteiger partial charge on any atom is -0.391 e. The van der Waals surface area contributed by atoms with Crippen molar-refractivity contribution in [2.75, 3.05) is 38.6 Å². The van der Waals surface area contributed by atoms with Crippen LogP contribution in [0.3, 0.4) is 0 Å². The number of alkyl halides is 1. The Hall–Kier alpha value is -1.39. The van der Waals surface area contributed by atoms with Crippen LogP contribution in [0.4, 0.5) is 0 Å². The predicted octanol–water partition coefficient (Wildman–Crippen LogP) is 2.99. The lowest BCUT2D eigenvalue weighted by atomic mass is 9.96. The topological polar surface area (TPSA) is 26.7 Å². The van der Waals surface area contributed by atoms with Gasteiger partial charge in [0.2, 0.25) is 0 Å². The first-order valence-corrected chi connectivity index (χ1v) is 9.11. The Morgan fingerprint density at radius 2 is 1.33 bits per heavy atom. The number of nitrogens with zero attached hydrogens (tertiary/aromatic N) is 2. The zero-order valence-electron chi connectivity index (χ0n) is 13.9. The van der Waals surface area contributed by atoms with Gasteiger partial charge >= 0.3 is 0 Å². The minimum absolute atomic E-state index is 0.285. The van der Waals surface area contributed by atoms with Gasteiger partial charge in [-0.1, -0.05) is 60.7 Å². The molecule has 0 bridgehead atoms. The Morgan fingerprint density at radius 3 is 1.79 bits per heavy atom. The Bertz CT molecular complexity index is 560. The molecule has 3 rings (SSSR count). The standard InChI is InChI=1S/C20H25ClN2O/c21-15-19(24)16-22-11-13-23(14-12-22)20(17-7-3-1-4-8-17)18-9-5-2-6-10-18/h1-10,19-20,24H,11-16H2. The van der Waals surface area contributed by atoms with E-state index in [-0.39, 0.29) is 6.04 Å². The van der Waals surface area contributed by atoms with Crippen LogP contribution in [-0.4, -0.2) is 59.6 Å². The molecule has 1 aliphatic rings. The lowest BCUT2D eigenvalue weighted by Crippen LogP contribution is -2.49. The number of hydrogen-bond acceptors (Lipinski definition) is 3. The van der Waals surface area contributed by atoms with Crippen molar-refractivity contribution in [1.29, 1.82) is 0 Å². The Labute approximate surface area is 149 Å². The van der Waals surface area contributed by atoms with Gasteiger partial charge in [-0.3, -0.25) is 9.80 Å². The summed E-state index contributed by atoms with van der Waals surface area (Å²) in [5, 5.41) is 9.75. The lowest BCUT2D eigenvalue weighted by molar-refractivity contribution is 0.0704. The van der Waals surface area contributed by atoms with Crippen LogP contribution in [0.2, 0.25) is 0 Å². The summed E-state index contributed by atoms with van der Waals surface area (Å²) in [7, 11) is 0. The number of aliphatic hydroxyl groups is 1. The Balaban J connectivity index is 1.74. The van der Waals surface area contributed by atoms with E-state index < -0.39 is 6.10 Å². The summed E-state index contributed by atoms with van der Waals surface area (Å²) in [5.41, 5.74) is 2.66. The van der Waals surface area contributed by atoms with Crippen molar-refractivity contribution in [3.63, 3.8) is 0 Å². The third-order valence-electron chi connectivity index (χ3n) is 4.65. The number of benzene rings is 2. The maximum Gasteiger partial charge on any atom is 0.0802 e. The first-order valence-electron chi connectivity index (χ1n) is 8.58. The first-order chi connectivity index (χ1) is 11.8. The summed E-state index contributed by atoms with van der Waals surface area (Å²) in [4.78, 5) is 4.84. The van der Waals surface area contributed by atoms with E-state index in [0.717, 1.165) is 26.2 Å². The smallest absolute Gasteiger partial charge is 0.0802 e. The number of halogens is 1. The van der Waals surface area contributed by atoms with Gasteiger partial charge < -0.3 is 5.11 Å². The van der Waals surface area contributed by atoms with Crippen LogP contribution >= 0.6 is 11.6 Å². The number of hydrogen-bond donors (Lipinski definition) is 1. The quantitative estimate of drug-likeness (QED) is 0.816. The van der Waals surface area contributed by atoms with Gasteiger partial charge in [-0.2, -0.15) is 0 Å². The van der Waals surface area contributed by atoms with Gasteiger partial charge in [0.15, 0.2) is 0 Å². The molecule has 0 amide bonds. The van der Waals surface area contributed by atoms with Crippen molar-refractivity contribution < 1.29 is 5.11 Å². The molecular weight excluding hydrogens is 320 g/mol. The molecule has 4 heteroatoms. The van der Waals surface area contributed by atoms with Gasteiger partial charge in [-0.05, 0) is 11.1 Å². The van der Waals surface area contributed by atoms with Gasteiger partial charge in [0.05, 0.1) is 12.1 Å². The van der Waals surface area contributed by atoms with Crippen LogP contribution in [0.15, 0.2) is 60.7 Å². The molecule has 1 atom stereocenters. The van der Waals surface area contributed by atoms with Crippen LogP contribution in [0, 0.1) is 0 Å². The molecular formula is C20H25ClN2O. The molecule has 128 valence electrons. The average molecular weight is 345 g/mol.